The van der Waals surface area contributed by atoms with Crippen molar-refractivity contribution >= 4 is 21.6 Å². The molecule has 8 heteroatoms. The van der Waals surface area contributed by atoms with Crippen LogP contribution in [-0.2, 0) is 17.9 Å². The quantitative estimate of drug-likeness (QED) is 0.326. The van der Waals surface area contributed by atoms with Gasteiger partial charge in [0.2, 0.25) is 0 Å². The number of fused-ring (bicyclic) bond motifs is 1. The smallest absolute Gasteiger partial charge is 0.260 e. The summed E-state index contributed by atoms with van der Waals surface area (Å²) in [6, 6.07) is 11.8. The van der Waals surface area contributed by atoms with E-state index in [4.69, 9.17) is 14.1 Å². The number of furan rings is 1. The highest BCUT2D eigenvalue weighted by Gasteiger charge is 2.18. The number of nitrogens with one attached hydrogen (secondary N) is 1. The van der Waals surface area contributed by atoms with Crippen LogP contribution in [0.5, 0.6) is 0 Å². The molecule has 0 fully saturated rings. The molecule has 0 bridgehead atoms. The van der Waals surface area contributed by atoms with Crippen LogP contribution in [0.25, 0.3) is 21.3 Å². The molecule has 7 nitrogen and oxygen atoms in total. The third-order valence-electron chi connectivity index (χ3n) is 5.46. The number of rotatable bonds is 11. The third-order valence-corrected chi connectivity index (χ3v) is 6.33. The molecule has 0 aliphatic carbocycles. The first-order valence-corrected chi connectivity index (χ1v) is 12.3. The fourth-order valence-corrected chi connectivity index (χ4v) is 4.95. The van der Waals surface area contributed by atoms with E-state index in [1.165, 1.54) is 16.9 Å². The number of aliphatic hydroxyl groups excluding tert-OH is 1. The number of nitrogens with zero attached hydrogens (tertiary/aromatic N) is 2. The van der Waals surface area contributed by atoms with Crippen LogP contribution < -0.4 is 5.56 Å². The van der Waals surface area contributed by atoms with Gasteiger partial charge in [-0.25, -0.2) is 4.98 Å². The summed E-state index contributed by atoms with van der Waals surface area (Å²) in [6.45, 7) is 8.42. The molecule has 0 radical (unpaired) electrons. The van der Waals surface area contributed by atoms with Crippen molar-refractivity contribution in [1.82, 2.24) is 14.9 Å². The van der Waals surface area contributed by atoms with Gasteiger partial charge < -0.3 is 19.2 Å². The zero-order valence-corrected chi connectivity index (χ0v) is 20.6. The summed E-state index contributed by atoms with van der Waals surface area (Å²) >= 11 is 1.48. The van der Waals surface area contributed by atoms with Crippen LogP contribution in [0.15, 0.2) is 57.3 Å². The Hall–Kier alpha value is -2.78. The Morgan fingerprint density at radius 3 is 2.71 bits per heavy atom. The van der Waals surface area contributed by atoms with Crippen LogP contribution in [0.3, 0.4) is 0 Å². The van der Waals surface area contributed by atoms with Crippen LogP contribution in [0.2, 0.25) is 0 Å². The molecule has 1 atom stereocenters. The second-order valence-corrected chi connectivity index (χ2v) is 9.90. The number of aryl methyl sites for hydroxylation is 1. The molecule has 4 rings (SSSR count). The topological polar surface area (TPSA) is 91.6 Å². The number of thiophene rings is 1. The lowest BCUT2D eigenvalue weighted by Gasteiger charge is -2.26. The van der Waals surface area contributed by atoms with Gasteiger partial charge in [0.05, 0.1) is 30.9 Å². The van der Waals surface area contributed by atoms with E-state index in [-0.39, 0.29) is 12.2 Å². The molecule has 34 heavy (non-hydrogen) atoms. The number of hydrogen-bond acceptors (Lipinski definition) is 7. The molecule has 0 aliphatic rings. The molecule has 1 aromatic carbocycles. The Morgan fingerprint density at radius 1 is 1.21 bits per heavy atom. The average Bonchev–Trinajstić information content (AvgIpc) is 3.44. The van der Waals surface area contributed by atoms with Crippen molar-refractivity contribution in [3.8, 4) is 11.1 Å². The molecule has 0 aliphatic heterocycles. The van der Waals surface area contributed by atoms with Crippen LogP contribution in [0, 0.1) is 12.8 Å². The molecule has 0 unspecified atom stereocenters. The molecule has 0 saturated heterocycles. The lowest BCUT2D eigenvalue weighted by Crippen LogP contribution is -2.37. The first-order valence-electron chi connectivity index (χ1n) is 11.5. The molecule has 0 spiro atoms. The van der Waals surface area contributed by atoms with Gasteiger partial charge >= 0.3 is 0 Å². The van der Waals surface area contributed by atoms with E-state index >= 15 is 0 Å². The molecule has 4 aromatic rings. The van der Waals surface area contributed by atoms with Crippen LogP contribution in [-0.4, -0.2) is 45.8 Å². The van der Waals surface area contributed by atoms with Gasteiger partial charge in [0.15, 0.2) is 0 Å². The van der Waals surface area contributed by atoms with Crippen LogP contribution in [0.4, 0.5) is 0 Å². The summed E-state index contributed by atoms with van der Waals surface area (Å²) < 4.78 is 10.8. The van der Waals surface area contributed by atoms with E-state index < -0.39 is 6.10 Å². The molecule has 0 saturated carbocycles. The zero-order chi connectivity index (χ0) is 24.1. The van der Waals surface area contributed by atoms with E-state index in [1.54, 1.807) is 12.3 Å². The minimum atomic E-state index is -0.668. The second kappa shape index (κ2) is 11.1. The van der Waals surface area contributed by atoms with Crippen molar-refractivity contribution in [1.29, 1.82) is 0 Å². The Morgan fingerprint density at radius 2 is 2.00 bits per heavy atom. The highest BCUT2D eigenvalue weighted by atomic mass is 32.1. The Balaban J connectivity index is 1.46. The van der Waals surface area contributed by atoms with Gasteiger partial charge in [-0.05, 0) is 30.5 Å². The van der Waals surface area contributed by atoms with Gasteiger partial charge in [0.25, 0.3) is 5.56 Å². The minimum Gasteiger partial charge on any atom is -0.467 e. The minimum absolute atomic E-state index is 0.136. The van der Waals surface area contributed by atoms with Crippen LogP contribution >= 0.6 is 11.3 Å². The third kappa shape index (κ3) is 6.21. The maximum Gasteiger partial charge on any atom is 0.260 e. The number of aromatic nitrogens is 2. The molecule has 180 valence electrons. The number of ether oxygens (including phenoxy) is 1. The number of aromatic amines is 1. The predicted molar refractivity (Wildman–Crippen MR) is 135 cm³/mol. The molecule has 3 aromatic heterocycles. The summed E-state index contributed by atoms with van der Waals surface area (Å²) in [5, 5.41) is 13.1. The van der Waals surface area contributed by atoms with Gasteiger partial charge in [0, 0.05) is 24.0 Å². The Labute approximate surface area is 203 Å². The average molecular weight is 482 g/mol. The van der Waals surface area contributed by atoms with Crippen molar-refractivity contribution in [2.45, 2.75) is 40.0 Å². The molecular formula is C26H31N3O4S. The lowest BCUT2D eigenvalue weighted by molar-refractivity contribution is 0.00187. The van der Waals surface area contributed by atoms with Gasteiger partial charge in [0.1, 0.15) is 23.0 Å². The summed E-state index contributed by atoms with van der Waals surface area (Å²) in [5.74, 6) is 1.71. The van der Waals surface area contributed by atoms with E-state index in [9.17, 15) is 9.90 Å². The summed E-state index contributed by atoms with van der Waals surface area (Å²) in [7, 11) is 0. The first kappa shape index (κ1) is 24.3. The number of benzene rings is 1. The SMILES string of the molecule is Cc1ccc(-c2csc3nc(CN(CC(C)C)C[C@@H](O)COCc4ccco4)[nH]c(=O)c23)cc1. The number of hydrogen-bond donors (Lipinski definition) is 2. The van der Waals surface area contributed by atoms with E-state index in [0.29, 0.717) is 36.8 Å². The first-order chi connectivity index (χ1) is 16.4. The number of aliphatic hydroxyl groups is 1. The molecular weight excluding hydrogens is 450 g/mol. The van der Waals surface area contributed by atoms with Crippen LogP contribution in [0.1, 0.15) is 31.0 Å². The second-order valence-electron chi connectivity index (χ2n) is 9.04. The van der Waals surface area contributed by atoms with Gasteiger partial charge in [-0.1, -0.05) is 43.7 Å². The van der Waals surface area contributed by atoms with Crippen molar-refractivity contribution in [3.63, 3.8) is 0 Å². The lowest BCUT2D eigenvalue weighted by atomic mass is 10.1. The largest absolute Gasteiger partial charge is 0.467 e. The summed E-state index contributed by atoms with van der Waals surface area (Å²) in [4.78, 5) is 23.6. The molecule has 0 amide bonds. The predicted octanol–water partition coefficient (Wildman–Crippen LogP) is 4.59. The standard InChI is InChI=1S/C26H31N3O4S/c1-17(2)11-29(12-20(30)14-32-15-21-5-4-10-33-21)13-23-27-25(31)24-22(16-34-26(24)28-23)19-8-6-18(3)7-9-19/h4-10,16-17,20,30H,11-15H2,1-3H3,(H,27,28,31)/t20-/m1/s1. The van der Waals surface area contributed by atoms with Gasteiger partial charge in [-0.3, -0.25) is 9.69 Å². The van der Waals surface area contributed by atoms with Crippen molar-refractivity contribution in [3.05, 3.63) is 75.5 Å². The van der Waals surface area contributed by atoms with E-state index in [0.717, 1.165) is 28.3 Å². The van der Waals surface area contributed by atoms with Crippen molar-refractivity contribution in [2.24, 2.45) is 5.92 Å². The monoisotopic (exact) mass is 481 g/mol. The van der Waals surface area contributed by atoms with Crippen molar-refractivity contribution < 1.29 is 14.3 Å². The van der Waals surface area contributed by atoms with E-state index in [2.05, 4.69) is 23.7 Å². The zero-order valence-electron chi connectivity index (χ0n) is 19.8. The maximum absolute atomic E-state index is 13.0. The fraction of sp³-hybridized carbons (Fsp3) is 0.385. The van der Waals surface area contributed by atoms with E-state index in [1.807, 2.05) is 42.6 Å². The van der Waals surface area contributed by atoms with Crippen molar-refractivity contribution in [2.75, 3.05) is 19.7 Å². The van der Waals surface area contributed by atoms with Gasteiger partial charge in [-0.2, -0.15) is 0 Å². The van der Waals surface area contributed by atoms with Gasteiger partial charge in [-0.15, -0.1) is 11.3 Å². The highest BCUT2D eigenvalue weighted by Crippen LogP contribution is 2.30. The Kier molecular flexibility index (Phi) is 7.95. The maximum atomic E-state index is 13.0. The summed E-state index contributed by atoms with van der Waals surface area (Å²) in [5.41, 5.74) is 2.96. The Bertz CT molecular complexity index is 1250. The summed E-state index contributed by atoms with van der Waals surface area (Å²) in [6.07, 6.45) is 0.931. The normalized spacial score (nSPS) is 12.8. The molecule has 2 N–H and O–H groups in total. The number of H-pyrrole nitrogens is 1. The fourth-order valence-electron chi connectivity index (χ4n) is 3.99. The highest BCUT2D eigenvalue weighted by molar-refractivity contribution is 7.17. The molecule has 3 heterocycles.